The van der Waals surface area contributed by atoms with Gasteiger partial charge in [-0.3, -0.25) is 4.79 Å². The van der Waals surface area contributed by atoms with Gasteiger partial charge in [-0.05, 0) is 37.9 Å². The minimum absolute atomic E-state index is 0.0127. The van der Waals surface area contributed by atoms with Crippen molar-refractivity contribution in [2.24, 2.45) is 0 Å². The molecule has 1 fully saturated rings. The van der Waals surface area contributed by atoms with Crippen molar-refractivity contribution in [2.45, 2.75) is 44.7 Å². The van der Waals surface area contributed by atoms with Crippen LogP contribution in [0, 0.1) is 0 Å². The molecule has 1 aromatic carbocycles. The summed E-state index contributed by atoms with van der Waals surface area (Å²) in [6, 6.07) is 7.66. The van der Waals surface area contributed by atoms with Crippen LogP contribution in [0.4, 0.5) is 0 Å². The van der Waals surface area contributed by atoms with Crippen molar-refractivity contribution in [3.63, 3.8) is 0 Å². The lowest BCUT2D eigenvalue weighted by Crippen LogP contribution is -2.45. The first-order chi connectivity index (χ1) is 9.61. The van der Waals surface area contributed by atoms with Gasteiger partial charge in [0.2, 0.25) is 5.91 Å². The minimum Gasteiger partial charge on any atom is -0.338 e. The Balaban J connectivity index is 2.07. The molecule has 1 aliphatic heterocycles. The Morgan fingerprint density at radius 1 is 1.35 bits per heavy atom. The second kappa shape index (κ2) is 7.09. The standard InChI is InChI=1S/C16H23ClN2O/c1-12(13-8-5-6-9-14(13)17)19(2)16(20)15-10-4-3-7-11-18-15/h5-6,8-9,12,15,18H,3-4,7,10-11H2,1-2H3. The molecule has 0 radical (unpaired) electrons. The first-order valence-electron chi connectivity index (χ1n) is 7.35. The third-order valence-corrected chi connectivity index (χ3v) is 4.49. The Kier molecular flexibility index (Phi) is 5.44. The Labute approximate surface area is 126 Å². The summed E-state index contributed by atoms with van der Waals surface area (Å²) in [6.07, 6.45) is 4.42. The second-order valence-corrected chi connectivity index (χ2v) is 5.91. The molecule has 4 heteroatoms. The zero-order valence-electron chi connectivity index (χ0n) is 12.2. The van der Waals surface area contributed by atoms with Gasteiger partial charge in [0.15, 0.2) is 0 Å². The van der Waals surface area contributed by atoms with Gasteiger partial charge >= 0.3 is 0 Å². The number of hydrogen-bond acceptors (Lipinski definition) is 2. The topological polar surface area (TPSA) is 32.3 Å². The zero-order chi connectivity index (χ0) is 14.5. The van der Waals surface area contributed by atoms with Gasteiger partial charge in [-0.2, -0.15) is 0 Å². The van der Waals surface area contributed by atoms with E-state index >= 15 is 0 Å². The van der Waals surface area contributed by atoms with Crippen molar-refractivity contribution in [3.05, 3.63) is 34.9 Å². The normalized spacial score (nSPS) is 21.1. The van der Waals surface area contributed by atoms with Crippen LogP contribution >= 0.6 is 11.6 Å². The van der Waals surface area contributed by atoms with Gasteiger partial charge in [0, 0.05) is 12.1 Å². The monoisotopic (exact) mass is 294 g/mol. The highest BCUT2D eigenvalue weighted by Crippen LogP contribution is 2.27. The number of nitrogens with zero attached hydrogens (tertiary/aromatic N) is 1. The summed E-state index contributed by atoms with van der Waals surface area (Å²) in [7, 11) is 1.86. The van der Waals surface area contributed by atoms with E-state index in [1.807, 2.05) is 43.1 Å². The molecule has 1 N–H and O–H groups in total. The van der Waals surface area contributed by atoms with Crippen molar-refractivity contribution in [3.8, 4) is 0 Å². The molecule has 1 heterocycles. The second-order valence-electron chi connectivity index (χ2n) is 5.50. The van der Waals surface area contributed by atoms with Crippen LogP contribution in [0.2, 0.25) is 5.02 Å². The van der Waals surface area contributed by atoms with E-state index in [9.17, 15) is 4.79 Å². The molecular formula is C16H23ClN2O. The Bertz CT molecular complexity index is 456. The molecule has 2 unspecified atom stereocenters. The number of carbonyl (C=O) groups excluding carboxylic acids is 1. The lowest BCUT2D eigenvalue weighted by atomic mass is 10.0. The third kappa shape index (κ3) is 3.53. The SMILES string of the molecule is CC(c1ccccc1Cl)N(C)C(=O)C1CCCCCN1. The van der Waals surface area contributed by atoms with Crippen molar-refractivity contribution in [1.82, 2.24) is 10.2 Å². The number of rotatable bonds is 3. The number of carbonyl (C=O) groups is 1. The van der Waals surface area contributed by atoms with Crippen molar-refractivity contribution < 1.29 is 4.79 Å². The van der Waals surface area contributed by atoms with E-state index < -0.39 is 0 Å². The molecular weight excluding hydrogens is 272 g/mol. The molecule has 0 saturated carbocycles. The van der Waals surface area contributed by atoms with Crippen molar-refractivity contribution in [1.29, 1.82) is 0 Å². The van der Waals surface area contributed by atoms with Crippen molar-refractivity contribution >= 4 is 17.5 Å². The smallest absolute Gasteiger partial charge is 0.239 e. The van der Waals surface area contributed by atoms with E-state index in [0.717, 1.165) is 31.4 Å². The molecule has 0 spiro atoms. The predicted octanol–water partition coefficient (Wildman–Crippen LogP) is 3.39. The summed E-state index contributed by atoms with van der Waals surface area (Å²) in [6.45, 7) is 2.96. The van der Waals surface area contributed by atoms with Crippen LogP contribution in [0.5, 0.6) is 0 Å². The maximum absolute atomic E-state index is 12.6. The molecule has 2 rings (SSSR count). The van der Waals surface area contributed by atoms with Gasteiger partial charge in [-0.25, -0.2) is 0 Å². The van der Waals surface area contributed by atoms with Gasteiger partial charge in [-0.1, -0.05) is 42.6 Å². The fraction of sp³-hybridized carbons (Fsp3) is 0.562. The largest absolute Gasteiger partial charge is 0.338 e. The molecule has 1 amide bonds. The number of nitrogens with one attached hydrogen (secondary N) is 1. The van der Waals surface area contributed by atoms with E-state index in [-0.39, 0.29) is 18.0 Å². The molecule has 0 aliphatic carbocycles. The quantitative estimate of drug-likeness (QED) is 0.927. The lowest BCUT2D eigenvalue weighted by Gasteiger charge is -2.29. The lowest BCUT2D eigenvalue weighted by molar-refractivity contribution is -0.134. The maximum Gasteiger partial charge on any atom is 0.239 e. The number of benzene rings is 1. The van der Waals surface area contributed by atoms with Gasteiger partial charge in [0.25, 0.3) is 0 Å². The number of halogens is 1. The minimum atomic E-state index is -0.0487. The van der Waals surface area contributed by atoms with Crippen LogP contribution in [0.3, 0.4) is 0 Å². The van der Waals surface area contributed by atoms with Gasteiger partial charge in [-0.15, -0.1) is 0 Å². The molecule has 0 bridgehead atoms. The highest BCUT2D eigenvalue weighted by molar-refractivity contribution is 6.31. The summed E-state index contributed by atoms with van der Waals surface area (Å²) in [5.74, 6) is 0.166. The summed E-state index contributed by atoms with van der Waals surface area (Å²) < 4.78 is 0. The van der Waals surface area contributed by atoms with E-state index in [2.05, 4.69) is 5.32 Å². The first-order valence-corrected chi connectivity index (χ1v) is 7.73. The van der Waals surface area contributed by atoms with Gasteiger partial charge in [0.1, 0.15) is 0 Å². The maximum atomic E-state index is 12.6. The van der Waals surface area contributed by atoms with E-state index in [1.165, 1.54) is 6.42 Å². The Morgan fingerprint density at radius 3 is 2.85 bits per heavy atom. The van der Waals surface area contributed by atoms with E-state index in [4.69, 9.17) is 11.6 Å². The molecule has 20 heavy (non-hydrogen) atoms. The molecule has 1 aromatic rings. The van der Waals surface area contributed by atoms with Crippen LogP contribution < -0.4 is 5.32 Å². The fourth-order valence-electron chi connectivity index (χ4n) is 2.70. The fourth-order valence-corrected chi connectivity index (χ4v) is 2.99. The number of hydrogen-bond donors (Lipinski definition) is 1. The summed E-state index contributed by atoms with van der Waals surface area (Å²) in [4.78, 5) is 14.4. The highest BCUT2D eigenvalue weighted by Gasteiger charge is 2.26. The van der Waals surface area contributed by atoms with E-state index in [0.29, 0.717) is 5.02 Å². The predicted molar refractivity (Wildman–Crippen MR) is 82.9 cm³/mol. The van der Waals surface area contributed by atoms with Crippen LogP contribution in [0.25, 0.3) is 0 Å². The molecule has 2 atom stereocenters. The Hall–Kier alpha value is -1.06. The average molecular weight is 295 g/mol. The molecule has 110 valence electrons. The van der Waals surface area contributed by atoms with Crippen LogP contribution in [-0.4, -0.2) is 30.4 Å². The Morgan fingerprint density at radius 2 is 2.10 bits per heavy atom. The molecule has 0 aromatic heterocycles. The van der Waals surface area contributed by atoms with Gasteiger partial charge in [0.05, 0.1) is 12.1 Å². The summed E-state index contributed by atoms with van der Waals surface area (Å²) in [5.41, 5.74) is 0.999. The first kappa shape index (κ1) is 15.3. The average Bonchev–Trinajstić information content (AvgIpc) is 2.74. The van der Waals surface area contributed by atoms with Crippen LogP contribution in [-0.2, 0) is 4.79 Å². The zero-order valence-corrected chi connectivity index (χ0v) is 13.0. The highest BCUT2D eigenvalue weighted by atomic mass is 35.5. The van der Waals surface area contributed by atoms with Crippen molar-refractivity contribution in [2.75, 3.05) is 13.6 Å². The number of amides is 1. The molecule has 1 aliphatic rings. The number of likely N-dealkylation sites (N-methyl/N-ethyl adjacent to an activating group) is 1. The van der Waals surface area contributed by atoms with Crippen LogP contribution in [0.1, 0.15) is 44.2 Å². The van der Waals surface area contributed by atoms with Crippen LogP contribution in [0.15, 0.2) is 24.3 Å². The molecule has 3 nitrogen and oxygen atoms in total. The summed E-state index contributed by atoms with van der Waals surface area (Å²) >= 11 is 6.23. The summed E-state index contributed by atoms with van der Waals surface area (Å²) in [5, 5.41) is 4.08. The van der Waals surface area contributed by atoms with Gasteiger partial charge < -0.3 is 10.2 Å². The molecule has 1 saturated heterocycles. The third-order valence-electron chi connectivity index (χ3n) is 4.14. The van der Waals surface area contributed by atoms with E-state index in [1.54, 1.807) is 0 Å².